The lowest BCUT2D eigenvalue weighted by molar-refractivity contribution is 0.302. The second-order valence-electron chi connectivity index (χ2n) is 2.36. The predicted octanol–water partition coefficient (Wildman–Crippen LogP) is 1.57. The molecule has 0 saturated carbocycles. The standard InChI is InChI=1S/C8H12N2O/c1-3-4-11-8-7(2)5-9-6-10-8/h5-6H,3-4H2,1-2H3. The zero-order valence-corrected chi connectivity index (χ0v) is 6.87. The quantitative estimate of drug-likeness (QED) is 0.659. The van der Waals surface area contributed by atoms with Crippen molar-refractivity contribution >= 4 is 0 Å². The molecule has 0 aliphatic heterocycles. The zero-order chi connectivity index (χ0) is 8.10. The third-order valence-corrected chi connectivity index (χ3v) is 1.29. The number of aryl methyl sites for hydroxylation is 1. The van der Waals surface area contributed by atoms with Crippen LogP contribution in [0.2, 0.25) is 0 Å². The smallest absolute Gasteiger partial charge is 0.219 e. The number of hydrogen-bond acceptors (Lipinski definition) is 3. The minimum Gasteiger partial charge on any atom is -0.477 e. The van der Waals surface area contributed by atoms with Crippen LogP contribution in [0.3, 0.4) is 0 Å². The molecule has 0 unspecified atom stereocenters. The third-order valence-electron chi connectivity index (χ3n) is 1.29. The van der Waals surface area contributed by atoms with Gasteiger partial charge in [-0.05, 0) is 13.3 Å². The van der Waals surface area contributed by atoms with Crippen molar-refractivity contribution in [1.29, 1.82) is 0 Å². The van der Waals surface area contributed by atoms with Crippen LogP contribution in [-0.4, -0.2) is 16.6 Å². The van der Waals surface area contributed by atoms with E-state index < -0.39 is 0 Å². The van der Waals surface area contributed by atoms with E-state index in [9.17, 15) is 0 Å². The van der Waals surface area contributed by atoms with Gasteiger partial charge < -0.3 is 4.74 Å². The average Bonchev–Trinajstić information content (AvgIpc) is 2.03. The van der Waals surface area contributed by atoms with E-state index in [1.54, 1.807) is 6.20 Å². The van der Waals surface area contributed by atoms with Gasteiger partial charge >= 0.3 is 0 Å². The molecule has 1 heterocycles. The summed E-state index contributed by atoms with van der Waals surface area (Å²) in [6.07, 6.45) is 4.25. The minimum atomic E-state index is 0.696. The largest absolute Gasteiger partial charge is 0.477 e. The molecule has 60 valence electrons. The van der Waals surface area contributed by atoms with Crippen LogP contribution in [-0.2, 0) is 0 Å². The third kappa shape index (κ3) is 2.18. The highest BCUT2D eigenvalue weighted by atomic mass is 16.5. The van der Waals surface area contributed by atoms with Crippen LogP contribution >= 0.6 is 0 Å². The Morgan fingerprint density at radius 3 is 3.00 bits per heavy atom. The second-order valence-corrected chi connectivity index (χ2v) is 2.36. The molecule has 3 heteroatoms. The van der Waals surface area contributed by atoms with Gasteiger partial charge in [0, 0.05) is 11.8 Å². The van der Waals surface area contributed by atoms with Crippen LogP contribution in [0.1, 0.15) is 18.9 Å². The van der Waals surface area contributed by atoms with E-state index in [4.69, 9.17) is 4.74 Å². The van der Waals surface area contributed by atoms with Crippen LogP contribution in [0.4, 0.5) is 0 Å². The fraction of sp³-hybridized carbons (Fsp3) is 0.500. The molecule has 0 amide bonds. The lowest BCUT2D eigenvalue weighted by atomic mass is 10.4. The lowest BCUT2D eigenvalue weighted by Crippen LogP contribution is -1.99. The van der Waals surface area contributed by atoms with Crippen molar-refractivity contribution in [2.45, 2.75) is 20.3 Å². The summed E-state index contributed by atoms with van der Waals surface area (Å²) < 4.78 is 5.33. The number of hydrogen-bond donors (Lipinski definition) is 0. The fourth-order valence-corrected chi connectivity index (χ4v) is 0.738. The maximum absolute atomic E-state index is 5.33. The molecular formula is C8H12N2O. The molecule has 0 atom stereocenters. The van der Waals surface area contributed by atoms with E-state index in [1.807, 2.05) is 6.92 Å². The molecule has 0 aliphatic rings. The topological polar surface area (TPSA) is 35.0 Å². The first-order chi connectivity index (χ1) is 5.34. The Morgan fingerprint density at radius 1 is 1.55 bits per heavy atom. The molecule has 1 aromatic heterocycles. The van der Waals surface area contributed by atoms with Crippen molar-refractivity contribution in [1.82, 2.24) is 9.97 Å². The molecule has 0 spiro atoms. The molecule has 0 fully saturated rings. The molecular weight excluding hydrogens is 140 g/mol. The Bertz CT molecular complexity index is 225. The molecule has 0 N–H and O–H groups in total. The van der Waals surface area contributed by atoms with E-state index >= 15 is 0 Å². The number of nitrogens with zero attached hydrogens (tertiary/aromatic N) is 2. The van der Waals surface area contributed by atoms with Crippen molar-refractivity contribution in [3.63, 3.8) is 0 Å². The SMILES string of the molecule is CCCOc1ncncc1C. The van der Waals surface area contributed by atoms with E-state index in [1.165, 1.54) is 6.33 Å². The van der Waals surface area contributed by atoms with Gasteiger partial charge in [0.05, 0.1) is 6.61 Å². The van der Waals surface area contributed by atoms with Crippen LogP contribution in [0, 0.1) is 6.92 Å². The van der Waals surface area contributed by atoms with Gasteiger partial charge in [-0.25, -0.2) is 9.97 Å². The zero-order valence-electron chi connectivity index (χ0n) is 6.87. The molecule has 3 nitrogen and oxygen atoms in total. The van der Waals surface area contributed by atoms with Gasteiger partial charge in [-0.15, -0.1) is 0 Å². The summed E-state index contributed by atoms with van der Waals surface area (Å²) in [7, 11) is 0. The first kappa shape index (κ1) is 7.98. The number of aromatic nitrogens is 2. The summed E-state index contributed by atoms with van der Waals surface area (Å²) >= 11 is 0. The Kier molecular flexibility index (Phi) is 2.83. The molecule has 0 bridgehead atoms. The summed E-state index contributed by atoms with van der Waals surface area (Å²) in [5.74, 6) is 0.696. The summed E-state index contributed by atoms with van der Waals surface area (Å²) in [5.41, 5.74) is 0.987. The molecule has 0 radical (unpaired) electrons. The van der Waals surface area contributed by atoms with Crippen LogP contribution in [0.25, 0.3) is 0 Å². The maximum Gasteiger partial charge on any atom is 0.219 e. The molecule has 1 rings (SSSR count). The molecule has 0 saturated heterocycles. The Hall–Kier alpha value is -1.12. The predicted molar refractivity (Wildman–Crippen MR) is 42.6 cm³/mol. The van der Waals surface area contributed by atoms with Gasteiger partial charge in [-0.1, -0.05) is 6.92 Å². The van der Waals surface area contributed by atoms with Crippen molar-refractivity contribution in [3.8, 4) is 5.88 Å². The highest BCUT2D eigenvalue weighted by molar-refractivity contribution is 5.19. The van der Waals surface area contributed by atoms with Gasteiger partial charge in [-0.3, -0.25) is 0 Å². The van der Waals surface area contributed by atoms with Crippen molar-refractivity contribution in [2.24, 2.45) is 0 Å². The molecule has 1 aromatic rings. The van der Waals surface area contributed by atoms with Crippen LogP contribution in [0.5, 0.6) is 5.88 Å². The summed E-state index contributed by atoms with van der Waals surface area (Å²) in [6, 6.07) is 0. The average molecular weight is 152 g/mol. The van der Waals surface area contributed by atoms with Crippen molar-refractivity contribution in [3.05, 3.63) is 18.1 Å². The Labute approximate surface area is 66.4 Å². The first-order valence-corrected chi connectivity index (χ1v) is 3.74. The fourth-order valence-electron chi connectivity index (χ4n) is 0.738. The summed E-state index contributed by atoms with van der Waals surface area (Å²) in [4.78, 5) is 7.84. The van der Waals surface area contributed by atoms with E-state index in [0.29, 0.717) is 5.88 Å². The molecule has 0 aromatic carbocycles. The normalized spacial score (nSPS) is 9.64. The van der Waals surface area contributed by atoms with Gasteiger partial charge in [0.2, 0.25) is 5.88 Å². The van der Waals surface area contributed by atoms with E-state index in [-0.39, 0.29) is 0 Å². The molecule has 0 aliphatic carbocycles. The lowest BCUT2D eigenvalue weighted by Gasteiger charge is -2.04. The maximum atomic E-state index is 5.33. The van der Waals surface area contributed by atoms with Crippen LogP contribution in [0.15, 0.2) is 12.5 Å². The highest BCUT2D eigenvalue weighted by Gasteiger charge is 1.97. The highest BCUT2D eigenvalue weighted by Crippen LogP contribution is 2.10. The monoisotopic (exact) mass is 152 g/mol. The summed E-state index contributed by atoms with van der Waals surface area (Å²) in [5, 5.41) is 0. The van der Waals surface area contributed by atoms with Gasteiger partial charge in [0.25, 0.3) is 0 Å². The van der Waals surface area contributed by atoms with E-state index in [2.05, 4.69) is 16.9 Å². The van der Waals surface area contributed by atoms with Crippen LogP contribution < -0.4 is 4.74 Å². The second kappa shape index (κ2) is 3.91. The molecule has 11 heavy (non-hydrogen) atoms. The summed E-state index contributed by atoms with van der Waals surface area (Å²) in [6.45, 7) is 4.72. The van der Waals surface area contributed by atoms with E-state index in [0.717, 1.165) is 18.6 Å². The van der Waals surface area contributed by atoms with Gasteiger partial charge in [-0.2, -0.15) is 0 Å². The van der Waals surface area contributed by atoms with Gasteiger partial charge in [0.1, 0.15) is 6.33 Å². The number of ether oxygens (including phenoxy) is 1. The number of rotatable bonds is 3. The first-order valence-electron chi connectivity index (χ1n) is 3.74. The Balaban J connectivity index is 2.62. The minimum absolute atomic E-state index is 0.696. The van der Waals surface area contributed by atoms with Crippen molar-refractivity contribution in [2.75, 3.05) is 6.61 Å². The van der Waals surface area contributed by atoms with Gasteiger partial charge in [0.15, 0.2) is 0 Å². The van der Waals surface area contributed by atoms with Crippen molar-refractivity contribution < 1.29 is 4.74 Å². The Morgan fingerprint density at radius 2 is 2.36 bits per heavy atom.